The van der Waals surface area contributed by atoms with E-state index in [1.165, 1.54) is 12.0 Å². The van der Waals surface area contributed by atoms with Crippen LogP contribution in [-0.4, -0.2) is 21.3 Å². The third-order valence-electron chi connectivity index (χ3n) is 3.23. The van der Waals surface area contributed by atoms with Crippen LogP contribution >= 0.6 is 0 Å². The van der Waals surface area contributed by atoms with Gasteiger partial charge in [0.05, 0.1) is 0 Å². The van der Waals surface area contributed by atoms with Gasteiger partial charge in [-0.1, -0.05) is 18.2 Å². The van der Waals surface area contributed by atoms with E-state index in [-0.39, 0.29) is 0 Å². The van der Waals surface area contributed by atoms with E-state index in [1.54, 1.807) is 0 Å². The summed E-state index contributed by atoms with van der Waals surface area (Å²) in [5.41, 5.74) is 8.00. The number of hydrogen-bond donors (Lipinski definition) is 1. The lowest BCUT2D eigenvalue weighted by atomic mass is 10.1. The predicted octanol–water partition coefficient (Wildman–Crippen LogP) is 1.39. The number of benzene rings is 1. The molecule has 2 heterocycles. The van der Waals surface area contributed by atoms with E-state index < -0.39 is 0 Å². The minimum atomic E-state index is 0.682. The van der Waals surface area contributed by atoms with Gasteiger partial charge in [0.25, 0.3) is 0 Å². The first-order valence-electron chi connectivity index (χ1n) is 6.10. The highest BCUT2D eigenvalue weighted by molar-refractivity contribution is 5.56. The maximum atomic E-state index is 5.59. The number of rotatable bonds is 3. The Balaban J connectivity index is 2.00. The average molecular weight is 228 g/mol. The number of aromatic nitrogens is 3. The van der Waals surface area contributed by atoms with Gasteiger partial charge < -0.3 is 10.3 Å². The van der Waals surface area contributed by atoms with Gasteiger partial charge in [0.1, 0.15) is 5.82 Å². The molecule has 4 nitrogen and oxygen atoms in total. The van der Waals surface area contributed by atoms with Crippen molar-refractivity contribution in [1.29, 1.82) is 0 Å². The first-order valence-corrected chi connectivity index (χ1v) is 6.10. The van der Waals surface area contributed by atoms with Gasteiger partial charge in [-0.3, -0.25) is 0 Å². The van der Waals surface area contributed by atoms with E-state index in [4.69, 9.17) is 5.73 Å². The van der Waals surface area contributed by atoms with Crippen LogP contribution in [0.3, 0.4) is 0 Å². The zero-order chi connectivity index (χ0) is 11.7. The van der Waals surface area contributed by atoms with Crippen LogP contribution in [0.4, 0.5) is 0 Å². The summed E-state index contributed by atoms with van der Waals surface area (Å²) >= 11 is 0. The standard InChI is InChI=1S/C13H16N4/c14-7-6-10-3-1-4-11(9-10)13-16-15-12-5-2-8-17(12)13/h1,3-4,9H,2,5-8,14H2. The van der Waals surface area contributed by atoms with Crippen LogP contribution in [0, 0.1) is 0 Å². The number of hydrogen-bond acceptors (Lipinski definition) is 3. The molecule has 3 rings (SSSR count). The molecule has 0 bridgehead atoms. The molecule has 17 heavy (non-hydrogen) atoms. The summed E-state index contributed by atoms with van der Waals surface area (Å²) in [7, 11) is 0. The molecule has 1 aromatic carbocycles. The maximum absolute atomic E-state index is 5.59. The fourth-order valence-electron chi connectivity index (χ4n) is 2.40. The third-order valence-corrected chi connectivity index (χ3v) is 3.23. The second-order valence-corrected chi connectivity index (χ2v) is 4.43. The van der Waals surface area contributed by atoms with Crippen molar-refractivity contribution in [2.45, 2.75) is 25.8 Å². The van der Waals surface area contributed by atoms with E-state index in [2.05, 4.69) is 39.0 Å². The van der Waals surface area contributed by atoms with E-state index in [0.29, 0.717) is 6.54 Å². The van der Waals surface area contributed by atoms with Crippen LogP contribution in [0.25, 0.3) is 11.4 Å². The molecular formula is C13H16N4. The zero-order valence-electron chi connectivity index (χ0n) is 9.76. The molecule has 0 atom stereocenters. The molecule has 0 spiro atoms. The summed E-state index contributed by atoms with van der Waals surface area (Å²) in [5.74, 6) is 2.11. The van der Waals surface area contributed by atoms with E-state index in [0.717, 1.165) is 36.6 Å². The van der Waals surface area contributed by atoms with Crippen molar-refractivity contribution in [3.63, 3.8) is 0 Å². The second-order valence-electron chi connectivity index (χ2n) is 4.43. The Morgan fingerprint density at radius 3 is 3.12 bits per heavy atom. The van der Waals surface area contributed by atoms with Crippen molar-refractivity contribution in [2.75, 3.05) is 6.54 Å². The topological polar surface area (TPSA) is 56.7 Å². The zero-order valence-corrected chi connectivity index (χ0v) is 9.76. The number of fused-ring (bicyclic) bond motifs is 1. The van der Waals surface area contributed by atoms with Gasteiger partial charge in [0.15, 0.2) is 5.82 Å². The van der Waals surface area contributed by atoms with Gasteiger partial charge in [-0.25, -0.2) is 0 Å². The van der Waals surface area contributed by atoms with Crippen molar-refractivity contribution >= 4 is 0 Å². The molecule has 0 amide bonds. The molecule has 0 aliphatic carbocycles. The van der Waals surface area contributed by atoms with Gasteiger partial charge >= 0.3 is 0 Å². The fourth-order valence-corrected chi connectivity index (χ4v) is 2.40. The van der Waals surface area contributed by atoms with Crippen LogP contribution in [0.5, 0.6) is 0 Å². The predicted molar refractivity (Wildman–Crippen MR) is 66.5 cm³/mol. The normalized spacial score (nSPS) is 13.9. The summed E-state index contributed by atoms with van der Waals surface area (Å²) in [5, 5.41) is 8.53. The van der Waals surface area contributed by atoms with Crippen molar-refractivity contribution in [1.82, 2.24) is 14.8 Å². The molecule has 0 saturated carbocycles. The van der Waals surface area contributed by atoms with Gasteiger partial charge in [0, 0.05) is 18.5 Å². The Labute approximate surface area is 100 Å². The number of nitrogens with zero attached hydrogens (tertiary/aromatic N) is 3. The van der Waals surface area contributed by atoms with Crippen LogP contribution < -0.4 is 5.73 Å². The van der Waals surface area contributed by atoms with Crippen molar-refractivity contribution in [3.05, 3.63) is 35.7 Å². The molecule has 0 fully saturated rings. The second kappa shape index (κ2) is 4.30. The summed E-state index contributed by atoms with van der Waals surface area (Å²) < 4.78 is 2.22. The molecule has 2 N–H and O–H groups in total. The van der Waals surface area contributed by atoms with Crippen LogP contribution in [0.2, 0.25) is 0 Å². The Hall–Kier alpha value is -1.68. The first-order chi connectivity index (χ1) is 8.38. The Kier molecular flexibility index (Phi) is 2.65. The molecule has 0 unspecified atom stereocenters. The minimum Gasteiger partial charge on any atom is -0.330 e. The summed E-state index contributed by atoms with van der Waals surface area (Å²) in [4.78, 5) is 0. The lowest BCUT2D eigenvalue weighted by molar-refractivity contribution is 0.748. The average Bonchev–Trinajstić information content (AvgIpc) is 2.91. The number of aryl methyl sites for hydroxylation is 1. The SMILES string of the molecule is NCCc1cccc(-c2nnc3n2CCC3)c1. The molecule has 4 heteroatoms. The Morgan fingerprint density at radius 1 is 1.29 bits per heavy atom. The third kappa shape index (κ3) is 1.85. The number of nitrogens with two attached hydrogens (primary N) is 1. The van der Waals surface area contributed by atoms with Gasteiger partial charge in [-0.15, -0.1) is 10.2 Å². The quantitative estimate of drug-likeness (QED) is 0.863. The fraction of sp³-hybridized carbons (Fsp3) is 0.385. The molecule has 1 aromatic heterocycles. The molecule has 1 aliphatic heterocycles. The highest BCUT2D eigenvalue weighted by atomic mass is 15.3. The molecular weight excluding hydrogens is 212 g/mol. The lowest BCUT2D eigenvalue weighted by Crippen LogP contribution is -2.03. The van der Waals surface area contributed by atoms with Crippen LogP contribution in [-0.2, 0) is 19.4 Å². The van der Waals surface area contributed by atoms with Crippen molar-refractivity contribution < 1.29 is 0 Å². The largest absolute Gasteiger partial charge is 0.330 e. The van der Waals surface area contributed by atoms with Gasteiger partial charge in [-0.2, -0.15) is 0 Å². The Morgan fingerprint density at radius 2 is 2.24 bits per heavy atom. The molecule has 2 aromatic rings. The summed E-state index contributed by atoms with van der Waals surface area (Å²) in [6.07, 6.45) is 3.14. The maximum Gasteiger partial charge on any atom is 0.163 e. The van der Waals surface area contributed by atoms with Gasteiger partial charge in [-0.05, 0) is 31.0 Å². The van der Waals surface area contributed by atoms with Crippen molar-refractivity contribution in [3.8, 4) is 11.4 Å². The monoisotopic (exact) mass is 228 g/mol. The lowest BCUT2D eigenvalue weighted by Gasteiger charge is -2.05. The molecule has 0 saturated heterocycles. The molecule has 1 aliphatic rings. The highest BCUT2D eigenvalue weighted by Crippen LogP contribution is 2.23. The minimum absolute atomic E-state index is 0.682. The summed E-state index contributed by atoms with van der Waals surface area (Å²) in [6, 6.07) is 8.44. The molecule has 0 radical (unpaired) electrons. The van der Waals surface area contributed by atoms with E-state index in [9.17, 15) is 0 Å². The van der Waals surface area contributed by atoms with Crippen LogP contribution in [0.1, 0.15) is 17.8 Å². The van der Waals surface area contributed by atoms with E-state index in [1.807, 2.05) is 0 Å². The summed E-state index contributed by atoms with van der Waals surface area (Å²) in [6.45, 7) is 1.72. The van der Waals surface area contributed by atoms with E-state index >= 15 is 0 Å². The Bertz CT molecular complexity index is 530. The van der Waals surface area contributed by atoms with Crippen LogP contribution in [0.15, 0.2) is 24.3 Å². The highest BCUT2D eigenvalue weighted by Gasteiger charge is 2.18. The smallest absolute Gasteiger partial charge is 0.163 e. The van der Waals surface area contributed by atoms with Crippen molar-refractivity contribution in [2.24, 2.45) is 5.73 Å². The van der Waals surface area contributed by atoms with Gasteiger partial charge in [0.2, 0.25) is 0 Å². The molecule has 88 valence electrons. The first kappa shape index (κ1) is 10.5.